The van der Waals surface area contributed by atoms with Gasteiger partial charge in [-0.2, -0.15) is 0 Å². The van der Waals surface area contributed by atoms with E-state index in [0.29, 0.717) is 6.42 Å². The monoisotopic (exact) mass is 348 g/mol. The van der Waals surface area contributed by atoms with Gasteiger partial charge in [0.15, 0.2) is 0 Å². The number of allylic oxidation sites excluding steroid dienone is 2. The van der Waals surface area contributed by atoms with Gasteiger partial charge < -0.3 is 10.2 Å². The van der Waals surface area contributed by atoms with Crippen LogP contribution in [0.25, 0.3) is 0 Å². The molecule has 4 unspecified atom stereocenters. The second kappa shape index (κ2) is 11.0. The summed E-state index contributed by atoms with van der Waals surface area (Å²) in [5.74, 6) is 0.357. The third kappa shape index (κ3) is 7.11. The third-order valence-corrected chi connectivity index (χ3v) is 5.68. The smallest absolute Gasteiger partial charge is 0.0771 e. The molecular weight excluding hydrogens is 308 g/mol. The minimum atomic E-state index is -0.471. The van der Waals surface area contributed by atoms with Gasteiger partial charge in [0.1, 0.15) is 0 Å². The van der Waals surface area contributed by atoms with E-state index < -0.39 is 6.10 Å². The molecule has 25 heavy (non-hydrogen) atoms. The summed E-state index contributed by atoms with van der Waals surface area (Å²) in [5.41, 5.74) is 1.02. The van der Waals surface area contributed by atoms with Crippen molar-refractivity contribution >= 4 is 0 Å². The van der Waals surface area contributed by atoms with E-state index in [1.807, 2.05) is 12.2 Å². The van der Waals surface area contributed by atoms with E-state index in [2.05, 4.69) is 46.4 Å². The normalized spacial score (nSPS) is 26.2. The molecule has 0 amide bonds. The molecule has 0 spiro atoms. The van der Waals surface area contributed by atoms with Gasteiger partial charge in [-0.1, -0.05) is 89.8 Å². The molecule has 2 heteroatoms. The van der Waals surface area contributed by atoms with Crippen molar-refractivity contribution in [2.45, 2.75) is 91.3 Å². The van der Waals surface area contributed by atoms with Crippen LogP contribution in [0, 0.1) is 17.3 Å². The van der Waals surface area contributed by atoms with E-state index in [4.69, 9.17) is 0 Å². The first-order valence-corrected chi connectivity index (χ1v) is 10.2. The fourth-order valence-electron chi connectivity index (χ4n) is 3.64. The van der Waals surface area contributed by atoms with Gasteiger partial charge >= 0.3 is 0 Å². The van der Waals surface area contributed by atoms with Crippen LogP contribution in [0.3, 0.4) is 0 Å². The Kier molecular flexibility index (Phi) is 9.74. The lowest BCUT2D eigenvalue weighted by Crippen LogP contribution is -2.28. The lowest BCUT2D eigenvalue weighted by Gasteiger charge is -2.29. The van der Waals surface area contributed by atoms with Crippen LogP contribution in [0.2, 0.25) is 0 Å². The van der Waals surface area contributed by atoms with Crippen LogP contribution in [-0.4, -0.2) is 22.4 Å². The van der Waals surface area contributed by atoms with E-state index >= 15 is 0 Å². The minimum Gasteiger partial charge on any atom is -0.392 e. The maximum absolute atomic E-state index is 10.6. The Morgan fingerprint density at radius 2 is 1.88 bits per heavy atom. The highest BCUT2D eigenvalue weighted by atomic mass is 16.3. The van der Waals surface area contributed by atoms with Crippen LogP contribution in [0.1, 0.15) is 79.1 Å². The fourth-order valence-corrected chi connectivity index (χ4v) is 3.64. The van der Waals surface area contributed by atoms with Crippen molar-refractivity contribution in [1.29, 1.82) is 0 Å². The van der Waals surface area contributed by atoms with Crippen LogP contribution >= 0.6 is 0 Å². The molecule has 1 saturated carbocycles. The van der Waals surface area contributed by atoms with E-state index in [1.165, 1.54) is 12.8 Å². The predicted molar refractivity (Wildman–Crippen MR) is 108 cm³/mol. The lowest BCUT2D eigenvalue weighted by atomic mass is 9.80. The summed E-state index contributed by atoms with van der Waals surface area (Å²) in [7, 11) is 0. The largest absolute Gasteiger partial charge is 0.392 e. The van der Waals surface area contributed by atoms with Gasteiger partial charge in [0.2, 0.25) is 0 Å². The van der Waals surface area contributed by atoms with Gasteiger partial charge in [0.05, 0.1) is 12.2 Å². The summed E-state index contributed by atoms with van der Waals surface area (Å²) >= 11 is 0. The van der Waals surface area contributed by atoms with Crippen molar-refractivity contribution in [2.24, 2.45) is 17.3 Å². The molecule has 0 saturated heterocycles. The number of unbranched alkanes of at least 4 members (excludes halogenated alkanes) is 3. The van der Waals surface area contributed by atoms with Crippen molar-refractivity contribution in [3.8, 4) is 0 Å². The Bertz CT molecular complexity index is 447. The van der Waals surface area contributed by atoms with Crippen molar-refractivity contribution in [3.05, 3.63) is 36.5 Å². The third-order valence-electron chi connectivity index (χ3n) is 5.68. The highest BCUT2D eigenvalue weighted by Gasteiger charge is 2.35. The maximum atomic E-state index is 10.6. The standard InChI is InChI=1S/C23H40O2/c1-6-8-10-11-12-13-19-18(3)17-21(24)20(19)14-15-22(25)23(4,5)16-9-7-2/h11-12,14-15,19-22,24-25H,3,6-10,13,16-17H2,1-2,4-5H3. The van der Waals surface area contributed by atoms with Crippen LogP contribution in [0.5, 0.6) is 0 Å². The van der Waals surface area contributed by atoms with Crippen molar-refractivity contribution < 1.29 is 10.2 Å². The maximum Gasteiger partial charge on any atom is 0.0771 e. The van der Waals surface area contributed by atoms with Crippen molar-refractivity contribution in [1.82, 2.24) is 0 Å². The van der Waals surface area contributed by atoms with Crippen LogP contribution in [0.4, 0.5) is 0 Å². The van der Waals surface area contributed by atoms with Crippen LogP contribution in [-0.2, 0) is 0 Å². The minimum absolute atomic E-state index is 0.0694. The predicted octanol–water partition coefficient (Wildman–Crippen LogP) is 5.81. The molecule has 0 aromatic rings. The topological polar surface area (TPSA) is 40.5 Å². The molecule has 4 atom stereocenters. The van der Waals surface area contributed by atoms with E-state index in [0.717, 1.165) is 37.7 Å². The zero-order valence-corrected chi connectivity index (χ0v) is 16.9. The van der Waals surface area contributed by atoms with Crippen molar-refractivity contribution in [3.63, 3.8) is 0 Å². The molecule has 1 rings (SSSR count). The molecule has 0 heterocycles. The summed E-state index contributed by atoms with van der Waals surface area (Å²) < 4.78 is 0. The Hall–Kier alpha value is -0.860. The molecule has 144 valence electrons. The first kappa shape index (κ1) is 22.2. The van der Waals surface area contributed by atoms with Gasteiger partial charge in [-0.05, 0) is 37.0 Å². The summed E-state index contributed by atoms with van der Waals surface area (Å²) in [6, 6.07) is 0. The molecule has 1 fully saturated rings. The average molecular weight is 349 g/mol. The Morgan fingerprint density at radius 3 is 2.52 bits per heavy atom. The van der Waals surface area contributed by atoms with E-state index in [9.17, 15) is 10.2 Å². The zero-order chi connectivity index (χ0) is 18.9. The molecule has 2 N–H and O–H groups in total. The second-order valence-electron chi connectivity index (χ2n) is 8.38. The molecule has 0 aromatic carbocycles. The first-order valence-electron chi connectivity index (χ1n) is 10.2. The summed E-state index contributed by atoms with van der Waals surface area (Å²) in [5, 5.41) is 21.0. The zero-order valence-electron chi connectivity index (χ0n) is 16.9. The van der Waals surface area contributed by atoms with Crippen LogP contribution < -0.4 is 0 Å². The molecule has 0 aliphatic heterocycles. The number of rotatable bonds is 11. The van der Waals surface area contributed by atoms with Gasteiger partial charge in [0, 0.05) is 5.92 Å². The summed E-state index contributed by atoms with van der Waals surface area (Å²) in [6.07, 6.45) is 16.1. The first-order chi connectivity index (χ1) is 11.8. The second-order valence-corrected chi connectivity index (χ2v) is 8.38. The van der Waals surface area contributed by atoms with Gasteiger partial charge in [-0.3, -0.25) is 0 Å². The molecule has 0 bridgehead atoms. The van der Waals surface area contributed by atoms with Gasteiger partial charge in [-0.15, -0.1) is 0 Å². The van der Waals surface area contributed by atoms with Gasteiger partial charge in [0.25, 0.3) is 0 Å². The number of aliphatic hydroxyl groups is 2. The Morgan fingerprint density at radius 1 is 1.20 bits per heavy atom. The molecule has 0 aromatic heterocycles. The average Bonchev–Trinajstić information content (AvgIpc) is 2.83. The highest BCUT2D eigenvalue weighted by molar-refractivity contribution is 5.19. The van der Waals surface area contributed by atoms with Crippen molar-refractivity contribution in [2.75, 3.05) is 0 Å². The Labute approximate surface area is 155 Å². The summed E-state index contributed by atoms with van der Waals surface area (Å²) in [4.78, 5) is 0. The number of aliphatic hydroxyl groups excluding tert-OH is 2. The molecule has 1 aliphatic rings. The number of hydrogen-bond donors (Lipinski definition) is 2. The van der Waals surface area contributed by atoms with Crippen LogP contribution in [0.15, 0.2) is 36.5 Å². The lowest BCUT2D eigenvalue weighted by molar-refractivity contribution is 0.0798. The summed E-state index contributed by atoms with van der Waals surface area (Å²) in [6.45, 7) is 12.8. The fraction of sp³-hybridized carbons (Fsp3) is 0.739. The molecule has 1 aliphatic carbocycles. The molecular formula is C23H40O2. The SMILES string of the molecule is C=C1CC(O)C(C=CC(O)C(C)(C)CCCC)C1CC=CCCCC. The molecule has 0 radical (unpaired) electrons. The molecule has 2 nitrogen and oxygen atoms in total. The Balaban J connectivity index is 2.68. The van der Waals surface area contributed by atoms with E-state index in [-0.39, 0.29) is 23.4 Å². The number of hydrogen-bond acceptors (Lipinski definition) is 2. The quantitative estimate of drug-likeness (QED) is 0.365. The van der Waals surface area contributed by atoms with E-state index in [1.54, 1.807) is 0 Å². The highest BCUT2D eigenvalue weighted by Crippen LogP contribution is 2.40. The van der Waals surface area contributed by atoms with Gasteiger partial charge in [-0.25, -0.2) is 0 Å².